The number of rotatable bonds is 4. The Balaban J connectivity index is 1.22. The van der Waals surface area contributed by atoms with Gasteiger partial charge in [-0.1, -0.05) is 152 Å². The molecule has 0 heterocycles. The maximum Gasteiger partial charge on any atom is 0.0262 e. The molecule has 49 heavy (non-hydrogen) atoms. The van der Waals surface area contributed by atoms with Gasteiger partial charge in [-0.3, -0.25) is 0 Å². The molecule has 1 aliphatic carbocycles. The summed E-state index contributed by atoms with van der Waals surface area (Å²) < 4.78 is 0. The summed E-state index contributed by atoms with van der Waals surface area (Å²) in [7, 11) is 0. The highest BCUT2D eigenvalue weighted by atomic mass is 14.3. The zero-order valence-corrected chi connectivity index (χ0v) is 27.2. The molecule has 0 saturated heterocycles. The minimum Gasteiger partial charge on any atom is -0.308 e. The van der Waals surface area contributed by atoms with Gasteiger partial charge in [0.05, 0.1) is 0 Å². The maximum atomic E-state index is 8.32. The van der Waals surface area contributed by atoms with E-state index >= 15 is 0 Å². The van der Waals surface area contributed by atoms with Crippen LogP contribution in [-0.4, -0.2) is 6.21 Å². The Labute approximate surface area is 287 Å². The normalized spacial score (nSPS) is 11.8. The summed E-state index contributed by atoms with van der Waals surface area (Å²) >= 11 is 0. The van der Waals surface area contributed by atoms with Crippen molar-refractivity contribution in [2.45, 2.75) is 6.92 Å². The fourth-order valence-electron chi connectivity index (χ4n) is 7.84. The van der Waals surface area contributed by atoms with Crippen molar-refractivity contribution in [3.8, 4) is 66.8 Å². The minimum atomic E-state index is 0.956. The number of nitrogens with one attached hydrogen (secondary N) is 1. The van der Waals surface area contributed by atoms with Gasteiger partial charge in [0.15, 0.2) is 0 Å². The zero-order valence-electron chi connectivity index (χ0n) is 27.2. The summed E-state index contributed by atoms with van der Waals surface area (Å²) in [5.74, 6) is 0. The third-order valence-corrected chi connectivity index (χ3v) is 10.1. The number of benzene rings is 8. The first-order valence-corrected chi connectivity index (χ1v) is 16.9. The predicted octanol–water partition coefficient (Wildman–Crippen LogP) is 13.3. The first-order valence-electron chi connectivity index (χ1n) is 16.9. The predicted molar refractivity (Wildman–Crippen MR) is 210 cm³/mol. The van der Waals surface area contributed by atoms with Crippen LogP contribution in [0.1, 0.15) is 18.1 Å². The molecule has 1 nitrogen and oxygen atoms in total. The molecule has 0 spiro atoms. The van der Waals surface area contributed by atoms with Gasteiger partial charge in [-0.2, -0.15) is 0 Å². The van der Waals surface area contributed by atoms with Crippen LogP contribution in [0.3, 0.4) is 0 Å². The SMILES string of the molecule is C/C=C\c1c(C=N)c2ccccc2c2ccc(-c3cccc(-c4ccc5c(c4)-c4ccccc4-c4ccccc4-c4ccccc4-5)c3)cc12. The molecule has 0 fully saturated rings. The van der Waals surface area contributed by atoms with Crippen molar-refractivity contribution in [2.75, 3.05) is 0 Å². The second-order valence-corrected chi connectivity index (χ2v) is 12.8. The molecule has 9 rings (SSSR count). The van der Waals surface area contributed by atoms with Gasteiger partial charge in [0.25, 0.3) is 0 Å². The summed E-state index contributed by atoms with van der Waals surface area (Å²) in [5, 5.41) is 13.0. The summed E-state index contributed by atoms with van der Waals surface area (Å²) in [6.45, 7) is 2.04. The highest BCUT2D eigenvalue weighted by molar-refractivity contribution is 6.18. The van der Waals surface area contributed by atoms with Crippen LogP contribution >= 0.6 is 0 Å². The lowest BCUT2D eigenvalue weighted by Crippen LogP contribution is -1.97. The molecule has 0 unspecified atom stereocenters. The summed E-state index contributed by atoms with van der Waals surface area (Å²) in [6.07, 6.45) is 5.71. The lowest BCUT2D eigenvalue weighted by Gasteiger charge is -2.23. The fraction of sp³-hybridized carbons (Fsp3) is 0.0208. The van der Waals surface area contributed by atoms with E-state index < -0.39 is 0 Å². The number of hydrogen-bond acceptors (Lipinski definition) is 1. The van der Waals surface area contributed by atoms with Crippen LogP contribution in [0.5, 0.6) is 0 Å². The van der Waals surface area contributed by atoms with Crippen LogP contribution in [0, 0.1) is 5.41 Å². The van der Waals surface area contributed by atoms with Gasteiger partial charge in [-0.05, 0) is 119 Å². The molecule has 8 aromatic carbocycles. The Morgan fingerprint density at radius 3 is 1.37 bits per heavy atom. The van der Waals surface area contributed by atoms with Gasteiger partial charge >= 0.3 is 0 Å². The topological polar surface area (TPSA) is 23.9 Å². The summed E-state index contributed by atoms with van der Waals surface area (Å²) in [5.41, 5.74) is 16.8. The molecule has 0 saturated carbocycles. The number of hydrogen-bond donors (Lipinski definition) is 1. The highest BCUT2D eigenvalue weighted by Crippen LogP contribution is 2.48. The standard InChI is InChI=1S/C48H33N/c1-2-12-35-46-28-33(24-26-45(46)41-20-8-10-22-43(41)48(35)30-49)31-13-11-14-32(27-31)34-23-25-44-40-19-6-5-17-38(40)36-15-3-4-16-37(36)39-18-7-9-21-42(39)47(44)29-34/h2-30,49H,1H3/b12-2-,38-36?,39-37?,44-40?,47-42?,49-30?. The van der Waals surface area contributed by atoms with E-state index in [0.717, 1.165) is 27.5 Å². The van der Waals surface area contributed by atoms with Gasteiger partial charge in [-0.25, -0.2) is 0 Å². The van der Waals surface area contributed by atoms with Crippen molar-refractivity contribution in [2.24, 2.45) is 0 Å². The molecular weight excluding hydrogens is 591 g/mol. The molecule has 1 aliphatic rings. The average Bonchev–Trinajstić information content (AvgIpc) is 3.17. The molecule has 0 aliphatic heterocycles. The molecular formula is C48H33N. The van der Waals surface area contributed by atoms with Crippen LogP contribution in [0.25, 0.3) is 94.4 Å². The second-order valence-electron chi connectivity index (χ2n) is 12.8. The highest BCUT2D eigenvalue weighted by Gasteiger charge is 2.22. The van der Waals surface area contributed by atoms with E-state index in [4.69, 9.17) is 5.41 Å². The smallest absolute Gasteiger partial charge is 0.0262 e. The van der Waals surface area contributed by atoms with Crippen molar-refractivity contribution in [1.82, 2.24) is 0 Å². The number of fused-ring (bicyclic) bond motifs is 11. The second kappa shape index (κ2) is 11.7. The van der Waals surface area contributed by atoms with Gasteiger partial charge in [0.2, 0.25) is 0 Å². The largest absolute Gasteiger partial charge is 0.308 e. The minimum absolute atomic E-state index is 0.956. The van der Waals surface area contributed by atoms with E-state index in [0.29, 0.717) is 0 Å². The van der Waals surface area contributed by atoms with Gasteiger partial charge in [0.1, 0.15) is 0 Å². The average molecular weight is 624 g/mol. The lowest BCUT2D eigenvalue weighted by atomic mass is 9.80. The van der Waals surface area contributed by atoms with E-state index in [1.54, 1.807) is 0 Å². The first kappa shape index (κ1) is 28.9. The van der Waals surface area contributed by atoms with E-state index in [1.807, 2.05) is 6.92 Å². The van der Waals surface area contributed by atoms with Crippen molar-refractivity contribution in [3.63, 3.8) is 0 Å². The fourth-order valence-corrected chi connectivity index (χ4v) is 7.84. The Morgan fingerprint density at radius 2 is 0.796 bits per heavy atom. The van der Waals surface area contributed by atoms with Crippen molar-refractivity contribution >= 4 is 33.8 Å². The Morgan fingerprint density at radius 1 is 0.347 bits per heavy atom. The van der Waals surface area contributed by atoms with Crippen LogP contribution in [-0.2, 0) is 0 Å². The molecule has 8 aromatic rings. The molecule has 230 valence electrons. The van der Waals surface area contributed by atoms with E-state index in [2.05, 4.69) is 170 Å². The molecule has 0 aromatic heterocycles. The maximum absolute atomic E-state index is 8.32. The molecule has 0 amide bonds. The van der Waals surface area contributed by atoms with Gasteiger partial charge < -0.3 is 5.41 Å². The van der Waals surface area contributed by atoms with Crippen LogP contribution < -0.4 is 0 Å². The van der Waals surface area contributed by atoms with Crippen molar-refractivity contribution in [1.29, 1.82) is 5.41 Å². The van der Waals surface area contributed by atoms with E-state index in [-0.39, 0.29) is 0 Å². The Kier molecular flexibility index (Phi) is 6.92. The van der Waals surface area contributed by atoms with Crippen molar-refractivity contribution < 1.29 is 0 Å². The molecule has 1 N–H and O–H groups in total. The third-order valence-electron chi connectivity index (χ3n) is 10.1. The monoisotopic (exact) mass is 623 g/mol. The van der Waals surface area contributed by atoms with Crippen LogP contribution in [0.4, 0.5) is 0 Å². The molecule has 1 heteroatoms. The molecule has 0 radical (unpaired) electrons. The number of allylic oxidation sites excluding steroid dienone is 1. The Hall–Kier alpha value is -6.31. The Bertz CT molecular complexity index is 2630. The van der Waals surface area contributed by atoms with Crippen molar-refractivity contribution in [3.05, 3.63) is 175 Å². The summed E-state index contributed by atoms with van der Waals surface area (Å²) in [6, 6.07) is 57.5. The molecule has 0 bridgehead atoms. The van der Waals surface area contributed by atoms with Crippen LogP contribution in [0.15, 0.2) is 164 Å². The van der Waals surface area contributed by atoms with Gasteiger partial charge in [-0.15, -0.1) is 0 Å². The lowest BCUT2D eigenvalue weighted by molar-refractivity contribution is 1.51. The van der Waals surface area contributed by atoms with E-state index in [9.17, 15) is 0 Å². The quantitative estimate of drug-likeness (QED) is 0.149. The van der Waals surface area contributed by atoms with E-state index in [1.165, 1.54) is 78.2 Å². The zero-order chi connectivity index (χ0) is 32.9. The summed E-state index contributed by atoms with van der Waals surface area (Å²) in [4.78, 5) is 0. The molecule has 0 atom stereocenters. The van der Waals surface area contributed by atoms with Gasteiger partial charge in [0, 0.05) is 11.8 Å². The third kappa shape index (κ3) is 4.66. The van der Waals surface area contributed by atoms with Crippen LogP contribution in [0.2, 0.25) is 0 Å². The first-order chi connectivity index (χ1) is 24.2.